The molecular formula is C23H28N2O4S. The van der Waals surface area contributed by atoms with Crippen molar-refractivity contribution in [2.45, 2.75) is 38.1 Å². The van der Waals surface area contributed by atoms with Crippen molar-refractivity contribution in [1.82, 2.24) is 10.3 Å². The Kier molecular flexibility index (Phi) is 5.68. The molecule has 0 aliphatic carbocycles. The number of aromatic nitrogens is 1. The smallest absolute Gasteiger partial charge is 0.227 e. The van der Waals surface area contributed by atoms with Crippen LogP contribution in [0.15, 0.2) is 48.8 Å². The Hall–Kier alpha value is -2.25. The molecule has 3 heterocycles. The van der Waals surface area contributed by atoms with Gasteiger partial charge < -0.3 is 10.1 Å². The number of benzene rings is 1. The highest BCUT2D eigenvalue weighted by atomic mass is 32.2. The van der Waals surface area contributed by atoms with Gasteiger partial charge in [0.1, 0.15) is 0 Å². The molecule has 7 heteroatoms. The Labute approximate surface area is 178 Å². The van der Waals surface area contributed by atoms with Crippen molar-refractivity contribution in [2.75, 3.05) is 24.7 Å². The average molecular weight is 429 g/mol. The van der Waals surface area contributed by atoms with Crippen LogP contribution in [0.4, 0.5) is 0 Å². The molecule has 6 nitrogen and oxygen atoms in total. The van der Waals surface area contributed by atoms with Gasteiger partial charge in [0, 0.05) is 25.6 Å². The number of pyridine rings is 1. The predicted molar refractivity (Wildman–Crippen MR) is 116 cm³/mol. The summed E-state index contributed by atoms with van der Waals surface area (Å²) in [4.78, 5) is 17.6. The first-order valence-corrected chi connectivity index (χ1v) is 12.2. The van der Waals surface area contributed by atoms with Crippen LogP contribution in [0.5, 0.6) is 0 Å². The van der Waals surface area contributed by atoms with Crippen LogP contribution in [0.25, 0.3) is 11.1 Å². The molecule has 160 valence electrons. The number of hydrogen-bond acceptors (Lipinski definition) is 5. The zero-order chi connectivity index (χ0) is 21.2. The molecule has 1 aromatic carbocycles. The van der Waals surface area contributed by atoms with Gasteiger partial charge in [0.05, 0.1) is 22.5 Å². The van der Waals surface area contributed by atoms with Crippen LogP contribution in [-0.2, 0) is 25.8 Å². The van der Waals surface area contributed by atoms with Crippen molar-refractivity contribution in [1.29, 1.82) is 0 Å². The topological polar surface area (TPSA) is 85.4 Å². The molecule has 2 aliphatic heterocycles. The molecule has 0 spiro atoms. The fraction of sp³-hybridized carbons (Fsp3) is 0.478. The third-order valence-electron chi connectivity index (χ3n) is 6.34. The predicted octanol–water partition coefficient (Wildman–Crippen LogP) is 2.78. The van der Waals surface area contributed by atoms with Crippen molar-refractivity contribution in [2.24, 2.45) is 5.41 Å². The first kappa shape index (κ1) is 21.0. The number of nitrogens with zero attached hydrogens (tertiary/aromatic N) is 1. The van der Waals surface area contributed by atoms with E-state index in [-0.39, 0.29) is 17.4 Å². The molecule has 1 aromatic heterocycles. The summed E-state index contributed by atoms with van der Waals surface area (Å²) in [6, 6.07) is 12.2. The molecule has 0 saturated carbocycles. The molecule has 2 saturated heterocycles. The Balaban J connectivity index is 1.53. The minimum atomic E-state index is -3.08. The lowest BCUT2D eigenvalue weighted by Gasteiger charge is -2.38. The molecule has 1 atom stereocenters. The Morgan fingerprint density at radius 3 is 2.43 bits per heavy atom. The molecule has 1 N–H and O–H groups in total. The van der Waals surface area contributed by atoms with E-state index >= 15 is 0 Å². The van der Waals surface area contributed by atoms with Gasteiger partial charge in [0.15, 0.2) is 9.84 Å². The van der Waals surface area contributed by atoms with Crippen LogP contribution in [0.3, 0.4) is 0 Å². The highest BCUT2D eigenvalue weighted by molar-refractivity contribution is 7.91. The van der Waals surface area contributed by atoms with Crippen LogP contribution >= 0.6 is 0 Å². The summed E-state index contributed by atoms with van der Waals surface area (Å²) in [7, 11) is -3.08. The number of ether oxygens (including phenoxy) is 1. The Bertz CT molecular complexity index is 999. The second kappa shape index (κ2) is 8.12. The maximum absolute atomic E-state index is 13.4. The summed E-state index contributed by atoms with van der Waals surface area (Å²) < 4.78 is 29.4. The lowest BCUT2D eigenvalue weighted by atomic mass is 9.73. The maximum Gasteiger partial charge on any atom is 0.227 e. The third kappa shape index (κ3) is 4.57. The Morgan fingerprint density at radius 2 is 1.83 bits per heavy atom. The molecule has 0 unspecified atom stereocenters. The van der Waals surface area contributed by atoms with Gasteiger partial charge in [-0.1, -0.05) is 30.3 Å². The van der Waals surface area contributed by atoms with E-state index in [1.54, 1.807) is 6.20 Å². The van der Waals surface area contributed by atoms with E-state index in [1.807, 2.05) is 25.3 Å². The van der Waals surface area contributed by atoms with Crippen molar-refractivity contribution in [3.05, 3.63) is 54.4 Å². The number of carbonyl (C=O) groups excluding carboxylic acids is 1. The summed E-state index contributed by atoms with van der Waals surface area (Å²) in [6.07, 6.45) is 5.92. The summed E-state index contributed by atoms with van der Waals surface area (Å²) in [5.74, 6) is 0.0927. The van der Waals surface area contributed by atoms with E-state index in [4.69, 9.17) is 4.74 Å². The minimum absolute atomic E-state index is 0.0120. The van der Waals surface area contributed by atoms with Gasteiger partial charge in [-0.05, 0) is 55.4 Å². The van der Waals surface area contributed by atoms with Crippen LogP contribution in [0, 0.1) is 5.41 Å². The van der Waals surface area contributed by atoms with Crippen molar-refractivity contribution in [3.8, 4) is 11.1 Å². The van der Waals surface area contributed by atoms with Gasteiger partial charge in [0.2, 0.25) is 5.91 Å². The molecule has 2 aliphatic rings. The number of nitrogens with one attached hydrogen (secondary N) is 1. The summed E-state index contributed by atoms with van der Waals surface area (Å²) in [5.41, 5.74) is 1.96. The van der Waals surface area contributed by atoms with Crippen LogP contribution in [-0.4, -0.2) is 49.6 Å². The quantitative estimate of drug-likeness (QED) is 0.792. The fourth-order valence-electron chi connectivity index (χ4n) is 4.50. The second-order valence-electron chi connectivity index (χ2n) is 8.86. The average Bonchev–Trinajstić information content (AvgIpc) is 3.02. The summed E-state index contributed by atoms with van der Waals surface area (Å²) in [5, 5.41) is 3.10. The largest absolute Gasteiger partial charge is 0.381 e. The summed E-state index contributed by atoms with van der Waals surface area (Å²) >= 11 is 0. The van der Waals surface area contributed by atoms with Crippen LogP contribution in [0.1, 0.15) is 31.7 Å². The molecular weight excluding hydrogens is 400 g/mol. The molecule has 1 amide bonds. The molecule has 4 rings (SSSR count). The van der Waals surface area contributed by atoms with Gasteiger partial charge in [-0.2, -0.15) is 0 Å². The normalized spacial score (nSPS) is 25.0. The number of carbonyl (C=O) groups is 1. The van der Waals surface area contributed by atoms with Gasteiger partial charge in [0.25, 0.3) is 0 Å². The van der Waals surface area contributed by atoms with E-state index in [0.717, 1.165) is 16.7 Å². The fourth-order valence-corrected chi connectivity index (χ4v) is 6.59. The third-order valence-corrected chi connectivity index (χ3v) is 8.24. The zero-order valence-electron chi connectivity index (χ0n) is 17.3. The van der Waals surface area contributed by atoms with Gasteiger partial charge in [-0.15, -0.1) is 0 Å². The number of rotatable bonds is 5. The summed E-state index contributed by atoms with van der Waals surface area (Å²) in [6.45, 7) is 2.91. The van der Waals surface area contributed by atoms with E-state index in [0.29, 0.717) is 38.9 Å². The molecule has 2 aromatic rings. The molecule has 2 fully saturated rings. The lowest BCUT2D eigenvalue weighted by Crippen LogP contribution is -2.55. The van der Waals surface area contributed by atoms with Crippen molar-refractivity contribution >= 4 is 15.7 Å². The van der Waals surface area contributed by atoms with Gasteiger partial charge in [-0.25, -0.2) is 8.42 Å². The van der Waals surface area contributed by atoms with Crippen molar-refractivity contribution < 1.29 is 17.9 Å². The van der Waals surface area contributed by atoms with Crippen molar-refractivity contribution in [3.63, 3.8) is 0 Å². The van der Waals surface area contributed by atoms with E-state index in [1.165, 1.54) is 0 Å². The lowest BCUT2D eigenvalue weighted by molar-refractivity contribution is -0.138. The first-order chi connectivity index (χ1) is 14.3. The van der Waals surface area contributed by atoms with E-state index in [2.05, 4.69) is 34.6 Å². The van der Waals surface area contributed by atoms with E-state index in [9.17, 15) is 13.2 Å². The number of hydrogen-bond donors (Lipinski definition) is 1. The number of amides is 1. The number of sulfone groups is 1. The maximum atomic E-state index is 13.4. The van der Waals surface area contributed by atoms with Gasteiger partial charge in [-0.3, -0.25) is 9.78 Å². The van der Waals surface area contributed by atoms with Gasteiger partial charge >= 0.3 is 0 Å². The van der Waals surface area contributed by atoms with E-state index < -0.39 is 20.8 Å². The molecule has 0 bridgehead atoms. The Morgan fingerprint density at radius 1 is 1.10 bits per heavy atom. The molecule has 30 heavy (non-hydrogen) atoms. The molecule has 0 radical (unpaired) electrons. The SMILES string of the molecule is C[C@]1(NC(=O)C2(Cc3ccc(-c4cccnc4)cc3)CCOCC2)CCS(=O)(=O)C1. The van der Waals surface area contributed by atoms with Crippen LogP contribution in [0.2, 0.25) is 0 Å². The second-order valence-corrected chi connectivity index (χ2v) is 11.0. The highest BCUT2D eigenvalue weighted by Gasteiger charge is 2.46. The zero-order valence-corrected chi connectivity index (χ0v) is 18.1. The van der Waals surface area contributed by atoms with Crippen LogP contribution < -0.4 is 5.32 Å². The minimum Gasteiger partial charge on any atom is -0.381 e. The standard InChI is InChI=1S/C23H28N2O4S/c1-22(10-14-30(27,28)17-22)25-21(26)23(8-12-29-13-9-23)15-18-4-6-19(7-5-18)20-3-2-11-24-16-20/h2-7,11,16H,8-10,12-15,17H2,1H3,(H,25,26)/t22-/m0/s1. The monoisotopic (exact) mass is 428 g/mol. The first-order valence-electron chi connectivity index (χ1n) is 10.4. The highest BCUT2D eigenvalue weighted by Crippen LogP contribution is 2.37.